The standard InChI is InChI=1S/C19H23NO/c1-2-3-4-5-6-7-11-14-19-20-18(16-21-19)15-17-12-9-8-10-13-17/h2,8-10,12-13,18H,1,3-6,14-16H2/t18-/m0/s1. The van der Waals surface area contributed by atoms with Crippen molar-refractivity contribution in [3.8, 4) is 11.8 Å². The number of benzene rings is 1. The molecule has 0 radical (unpaired) electrons. The average Bonchev–Trinajstić information content (AvgIpc) is 2.95. The Hall–Kier alpha value is -2.01. The fraction of sp³-hybridized carbons (Fsp3) is 0.421. The molecule has 1 atom stereocenters. The predicted molar refractivity (Wildman–Crippen MR) is 88.4 cm³/mol. The van der Waals surface area contributed by atoms with E-state index >= 15 is 0 Å². The summed E-state index contributed by atoms with van der Waals surface area (Å²) in [5, 5.41) is 0. The molecule has 0 fully saturated rings. The van der Waals surface area contributed by atoms with Crippen LogP contribution in [0.3, 0.4) is 0 Å². The van der Waals surface area contributed by atoms with E-state index in [0.29, 0.717) is 13.0 Å². The van der Waals surface area contributed by atoms with Crippen LogP contribution in [-0.2, 0) is 11.2 Å². The number of hydrogen-bond acceptors (Lipinski definition) is 2. The van der Waals surface area contributed by atoms with E-state index in [1.54, 1.807) is 0 Å². The van der Waals surface area contributed by atoms with Gasteiger partial charge in [0.2, 0.25) is 0 Å². The van der Waals surface area contributed by atoms with Gasteiger partial charge in [0.15, 0.2) is 5.90 Å². The SMILES string of the molecule is C=CCCCCC#CCC1=N[C@@H](Cc2ccccc2)CO1. The number of unbranched alkanes of at least 4 members (excludes halogenated alkanes) is 3. The van der Waals surface area contributed by atoms with Gasteiger partial charge >= 0.3 is 0 Å². The van der Waals surface area contributed by atoms with E-state index in [9.17, 15) is 0 Å². The third-order valence-electron chi connectivity index (χ3n) is 3.41. The van der Waals surface area contributed by atoms with E-state index in [1.807, 2.05) is 12.1 Å². The summed E-state index contributed by atoms with van der Waals surface area (Å²) >= 11 is 0. The third kappa shape index (κ3) is 5.87. The molecule has 0 saturated carbocycles. The summed E-state index contributed by atoms with van der Waals surface area (Å²) in [6.45, 7) is 4.40. The number of allylic oxidation sites excluding steroid dienone is 1. The first-order valence-electron chi connectivity index (χ1n) is 7.68. The number of rotatable bonds is 7. The molecule has 1 aliphatic heterocycles. The first-order chi connectivity index (χ1) is 10.4. The highest BCUT2D eigenvalue weighted by Crippen LogP contribution is 2.12. The van der Waals surface area contributed by atoms with Crippen LogP contribution in [0.15, 0.2) is 48.0 Å². The Balaban J connectivity index is 1.69. The van der Waals surface area contributed by atoms with Crippen LogP contribution in [-0.4, -0.2) is 18.5 Å². The summed E-state index contributed by atoms with van der Waals surface area (Å²) in [6.07, 6.45) is 7.90. The van der Waals surface area contributed by atoms with Crippen molar-refractivity contribution in [3.63, 3.8) is 0 Å². The van der Waals surface area contributed by atoms with Gasteiger partial charge in [-0.3, -0.25) is 0 Å². The minimum atomic E-state index is 0.247. The van der Waals surface area contributed by atoms with Crippen molar-refractivity contribution in [1.29, 1.82) is 0 Å². The Kier molecular flexibility index (Phi) is 6.61. The molecular weight excluding hydrogens is 258 g/mol. The summed E-state index contributed by atoms with van der Waals surface area (Å²) in [4.78, 5) is 4.61. The molecule has 2 nitrogen and oxygen atoms in total. The molecule has 1 heterocycles. The lowest BCUT2D eigenvalue weighted by molar-refractivity contribution is 0.312. The van der Waals surface area contributed by atoms with E-state index < -0.39 is 0 Å². The van der Waals surface area contributed by atoms with Crippen molar-refractivity contribution in [2.24, 2.45) is 4.99 Å². The van der Waals surface area contributed by atoms with Gasteiger partial charge in [0.1, 0.15) is 6.61 Å². The second-order valence-electron chi connectivity index (χ2n) is 5.24. The van der Waals surface area contributed by atoms with Crippen molar-refractivity contribution in [1.82, 2.24) is 0 Å². The van der Waals surface area contributed by atoms with Crippen molar-refractivity contribution >= 4 is 5.90 Å². The molecule has 1 aromatic rings. The lowest BCUT2D eigenvalue weighted by atomic mass is 10.1. The van der Waals surface area contributed by atoms with Crippen LogP contribution in [0.5, 0.6) is 0 Å². The summed E-state index contributed by atoms with van der Waals surface area (Å²) in [6, 6.07) is 10.7. The summed E-state index contributed by atoms with van der Waals surface area (Å²) in [7, 11) is 0. The molecule has 1 aliphatic rings. The highest BCUT2D eigenvalue weighted by molar-refractivity contribution is 5.80. The van der Waals surface area contributed by atoms with E-state index in [2.05, 4.69) is 47.7 Å². The number of hydrogen-bond donors (Lipinski definition) is 0. The predicted octanol–water partition coefficient (Wildman–Crippen LogP) is 4.17. The van der Waals surface area contributed by atoms with Crippen molar-refractivity contribution in [2.45, 2.75) is 44.6 Å². The van der Waals surface area contributed by atoms with Crippen LogP contribution in [0.25, 0.3) is 0 Å². The Labute approximate surface area is 127 Å². The Bertz CT molecular complexity index is 521. The van der Waals surface area contributed by atoms with Crippen LogP contribution in [0, 0.1) is 11.8 Å². The van der Waals surface area contributed by atoms with E-state index in [1.165, 1.54) is 12.0 Å². The van der Waals surface area contributed by atoms with E-state index in [4.69, 9.17) is 4.74 Å². The molecule has 21 heavy (non-hydrogen) atoms. The molecule has 1 aromatic carbocycles. The normalized spacial score (nSPS) is 16.6. The van der Waals surface area contributed by atoms with Gasteiger partial charge in [0, 0.05) is 6.42 Å². The van der Waals surface area contributed by atoms with Gasteiger partial charge < -0.3 is 4.74 Å². The van der Waals surface area contributed by atoms with Crippen LogP contribution >= 0.6 is 0 Å². The monoisotopic (exact) mass is 281 g/mol. The van der Waals surface area contributed by atoms with Crippen molar-refractivity contribution in [3.05, 3.63) is 48.6 Å². The smallest absolute Gasteiger partial charge is 0.196 e. The highest BCUT2D eigenvalue weighted by Gasteiger charge is 2.18. The second-order valence-corrected chi connectivity index (χ2v) is 5.24. The number of aliphatic imine (C=N–C) groups is 1. The maximum absolute atomic E-state index is 5.62. The zero-order valence-corrected chi connectivity index (χ0v) is 12.6. The lowest BCUT2D eigenvalue weighted by Gasteiger charge is -2.03. The summed E-state index contributed by atoms with van der Waals surface area (Å²) in [5.41, 5.74) is 1.31. The Morgan fingerprint density at radius 3 is 2.90 bits per heavy atom. The van der Waals surface area contributed by atoms with Gasteiger partial charge in [-0.1, -0.05) is 42.3 Å². The minimum absolute atomic E-state index is 0.247. The van der Waals surface area contributed by atoms with Gasteiger partial charge in [-0.2, -0.15) is 0 Å². The van der Waals surface area contributed by atoms with Gasteiger partial charge in [0.25, 0.3) is 0 Å². The fourth-order valence-corrected chi connectivity index (χ4v) is 2.29. The quantitative estimate of drug-likeness (QED) is 0.417. The molecule has 0 N–H and O–H groups in total. The first-order valence-corrected chi connectivity index (χ1v) is 7.68. The van der Waals surface area contributed by atoms with Crippen molar-refractivity contribution < 1.29 is 4.74 Å². The van der Waals surface area contributed by atoms with Crippen molar-refractivity contribution in [2.75, 3.05) is 6.61 Å². The molecule has 0 spiro atoms. The maximum Gasteiger partial charge on any atom is 0.196 e. The average molecular weight is 281 g/mol. The lowest BCUT2D eigenvalue weighted by Crippen LogP contribution is -2.09. The maximum atomic E-state index is 5.62. The Morgan fingerprint density at radius 1 is 1.24 bits per heavy atom. The largest absolute Gasteiger partial charge is 0.478 e. The molecule has 0 bridgehead atoms. The zero-order chi connectivity index (χ0) is 14.8. The number of ether oxygens (including phenoxy) is 1. The van der Waals surface area contributed by atoms with Gasteiger partial charge in [-0.15, -0.1) is 12.5 Å². The summed E-state index contributed by atoms with van der Waals surface area (Å²) in [5.74, 6) is 7.15. The Morgan fingerprint density at radius 2 is 2.10 bits per heavy atom. The summed E-state index contributed by atoms with van der Waals surface area (Å²) < 4.78 is 5.62. The molecule has 0 aromatic heterocycles. The van der Waals surface area contributed by atoms with E-state index in [-0.39, 0.29) is 6.04 Å². The highest BCUT2D eigenvalue weighted by atomic mass is 16.5. The van der Waals surface area contributed by atoms with Gasteiger partial charge in [-0.25, -0.2) is 4.99 Å². The topological polar surface area (TPSA) is 21.6 Å². The van der Waals surface area contributed by atoms with Crippen LogP contribution < -0.4 is 0 Å². The zero-order valence-electron chi connectivity index (χ0n) is 12.6. The van der Waals surface area contributed by atoms with Gasteiger partial charge in [0.05, 0.1) is 12.5 Å². The van der Waals surface area contributed by atoms with Gasteiger partial charge in [-0.05, 0) is 31.2 Å². The first kappa shape index (κ1) is 15.4. The fourth-order valence-electron chi connectivity index (χ4n) is 2.29. The molecule has 0 saturated heterocycles. The van der Waals surface area contributed by atoms with E-state index in [0.717, 1.165) is 31.6 Å². The third-order valence-corrected chi connectivity index (χ3v) is 3.41. The molecule has 110 valence electrons. The molecular formula is C19H23NO. The van der Waals surface area contributed by atoms with Crippen LogP contribution in [0.1, 0.15) is 37.7 Å². The molecule has 0 amide bonds. The second kappa shape index (κ2) is 9.02. The molecule has 2 heteroatoms. The van der Waals surface area contributed by atoms with Crippen LogP contribution in [0.4, 0.5) is 0 Å². The number of nitrogens with zero attached hydrogens (tertiary/aromatic N) is 1. The minimum Gasteiger partial charge on any atom is -0.478 e. The molecule has 2 rings (SSSR count). The van der Waals surface area contributed by atoms with Crippen LogP contribution in [0.2, 0.25) is 0 Å². The molecule has 0 aliphatic carbocycles. The molecule has 0 unspecified atom stereocenters.